The van der Waals surface area contributed by atoms with Gasteiger partial charge in [0.25, 0.3) is 5.91 Å². The van der Waals surface area contributed by atoms with Crippen molar-refractivity contribution in [1.82, 2.24) is 19.7 Å². The number of aromatic nitrogens is 3. The Morgan fingerprint density at radius 2 is 2.25 bits per heavy atom. The fourth-order valence-electron chi connectivity index (χ4n) is 3.23. The largest absolute Gasteiger partial charge is 0.364 e. The molecule has 28 heavy (non-hydrogen) atoms. The monoisotopic (exact) mass is 401 g/mol. The van der Waals surface area contributed by atoms with Crippen LogP contribution in [0.3, 0.4) is 0 Å². The summed E-state index contributed by atoms with van der Waals surface area (Å²) in [6, 6.07) is 1.83. The van der Waals surface area contributed by atoms with Crippen LogP contribution < -0.4 is 21.3 Å². The highest BCUT2D eigenvalue weighted by Gasteiger charge is 2.30. The summed E-state index contributed by atoms with van der Waals surface area (Å²) in [5.41, 5.74) is 6.39. The Morgan fingerprint density at radius 1 is 1.46 bits per heavy atom. The summed E-state index contributed by atoms with van der Waals surface area (Å²) in [6.45, 7) is 8.18. The first-order chi connectivity index (χ1) is 13.4. The molecule has 0 radical (unpaired) electrons. The zero-order valence-corrected chi connectivity index (χ0v) is 16.6. The van der Waals surface area contributed by atoms with Crippen LogP contribution in [0.15, 0.2) is 24.9 Å². The van der Waals surface area contributed by atoms with Crippen molar-refractivity contribution in [2.75, 3.05) is 16.8 Å². The number of carbonyl (C=O) groups excluding carboxylic acids is 2. The molecule has 0 aliphatic carbocycles. The Labute approximate surface area is 167 Å². The van der Waals surface area contributed by atoms with E-state index in [0.717, 1.165) is 30.1 Å². The number of nitrogens with one attached hydrogen (secondary N) is 2. The lowest BCUT2D eigenvalue weighted by Crippen LogP contribution is -2.54. The summed E-state index contributed by atoms with van der Waals surface area (Å²) >= 11 is 1.27. The number of primary amides is 1. The maximum atomic E-state index is 11.8. The third-order valence-corrected chi connectivity index (χ3v) is 5.45. The number of nitrogens with two attached hydrogens (primary N) is 1. The maximum Gasteiger partial charge on any atom is 0.271 e. The molecule has 0 bridgehead atoms. The predicted octanol–water partition coefficient (Wildman–Crippen LogP) is 1.74. The van der Waals surface area contributed by atoms with Crippen LogP contribution in [0, 0.1) is 6.92 Å². The number of anilines is 3. The van der Waals surface area contributed by atoms with Gasteiger partial charge in [0.15, 0.2) is 11.5 Å². The van der Waals surface area contributed by atoms with Gasteiger partial charge in [0.1, 0.15) is 10.8 Å². The number of carbonyl (C=O) groups is 2. The zero-order valence-electron chi connectivity index (χ0n) is 15.8. The van der Waals surface area contributed by atoms with E-state index in [1.54, 1.807) is 0 Å². The number of rotatable bonds is 6. The summed E-state index contributed by atoms with van der Waals surface area (Å²) in [7, 11) is 0. The highest BCUT2D eigenvalue weighted by Crippen LogP contribution is 2.27. The molecule has 1 aliphatic heterocycles. The fraction of sp³-hybridized carbons (Fsp3) is 0.389. The van der Waals surface area contributed by atoms with E-state index in [4.69, 9.17) is 5.73 Å². The molecule has 3 rings (SSSR count). The second-order valence-electron chi connectivity index (χ2n) is 6.64. The smallest absolute Gasteiger partial charge is 0.271 e. The zero-order chi connectivity index (χ0) is 20.3. The Kier molecular flexibility index (Phi) is 5.88. The Morgan fingerprint density at radius 3 is 2.89 bits per heavy atom. The van der Waals surface area contributed by atoms with Gasteiger partial charge in [0.05, 0.1) is 11.9 Å². The second kappa shape index (κ2) is 8.34. The van der Waals surface area contributed by atoms with Crippen molar-refractivity contribution in [1.29, 1.82) is 0 Å². The van der Waals surface area contributed by atoms with Gasteiger partial charge < -0.3 is 21.3 Å². The van der Waals surface area contributed by atoms with Crippen LogP contribution in [-0.4, -0.2) is 44.8 Å². The Bertz CT molecular complexity index is 898. The van der Waals surface area contributed by atoms with E-state index in [1.165, 1.54) is 23.8 Å². The molecule has 0 spiro atoms. The van der Waals surface area contributed by atoms with Gasteiger partial charge in [0, 0.05) is 18.6 Å². The third kappa shape index (κ3) is 4.28. The normalized spacial score (nSPS) is 19.1. The first-order valence-corrected chi connectivity index (χ1v) is 9.73. The minimum atomic E-state index is -0.661. The minimum Gasteiger partial charge on any atom is -0.364 e. The van der Waals surface area contributed by atoms with Crippen molar-refractivity contribution in [3.05, 3.63) is 36.3 Å². The summed E-state index contributed by atoms with van der Waals surface area (Å²) in [4.78, 5) is 34.4. The number of hydrogen-bond donors (Lipinski definition) is 3. The maximum absolute atomic E-state index is 11.8. The Balaban J connectivity index is 1.88. The molecule has 2 amide bonds. The lowest BCUT2D eigenvalue weighted by atomic mass is 9.97. The van der Waals surface area contributed by atoms with Gasteiger partial charge in [-0.1, -0.05) is 6.58 Å². The number of nitrogens with zero attached hydrogens (tertiary/aromatic N) is 4. The van der Waals surface area contributed by atoms with Crippen molar-refractivity contribution in [2.45, 2.75) is 38.8 Å². The van der Waals surface area contributed by atoms with Crippen molar-refractivity contribution < 1.29 is 9.59 Å². The molecule has 148 valence electrons. The molecule has 1 fully saturated rings. The van der Waals surface area contributed by atoms with Gasteiger partial charge in [-0.15, -0.1) is 0 Å². The van der Waals surface area contributed by atoms with E-state index >= 15 is 0 Å². The summed E-state index contributed by atoms with van der Waals surface area (Å²) in [5, 5.41) is 6.80. The molecule has 10 heteroatoms. The fourth-order valence-corrected chi connectivity index (χ4v) is 3.89. The molecule has 4 N–H and O–H groups in total. The molecule has 1 aliphatic rings. The predicted molar refractivity (Wildman–Crippen MR) is 109 cm³/mol. The average molecular weight is 401 g/mol. The molecular formula is C18H23N7O2S. The quantitative estimate of drug-likeness (QED) is 0.629. The molecule has 3 heterocycles. The summed E-state index contributed by atoms with van der Waals surface area (Å²) in [5.74, 6) is 0.0410. The van der Waals surface area contributed by atoms with Crippen molar-refractivity contribution in [3.8, 4) is 0 Å². The first kappa shape index (κ1) is 19.7. The molecule has 9 nitrogen and oxygen atoms in total. The van der Waals surface area contributed by atoms with Crippen LogP contribution in [-0.2, 0) is 4.79 Å². The lowest BCUT2D eigenvalue weighted by Gasteiger charge is -2.40. The van der Waals surface area contributed by atoms with Crippen LogP contribution in [0.2, 0.25) is 0 Å². The third-order valence-electron chi connectivity index (χ3n) is 4.66. The SMILES string of the molecule is C=CC(=O)N[C@@H]1CCCN(c2cnc(C(N)=O)c(Nc3cc(C)ns3)n2)[C@@H]1C. The number of piperidine rings is 1. The molecular weight excluding hydrogens is 378 g/mol. The lowest BCUT2D eigenvalue weighted by molar-refractivity contribution is -0.117. The average Bonchev–Trinajstić information content (AvgIpc) is 3.07. The van der Waals surface area contributed by atoms with Crippen LogP contribution in [0.5, 0.6) is 0 Å². The van der Waals surface area contributed by atoms with Gasteiger partial charge >= 0.3 is 0 Å². The molecule has 0 aromatic carbocycles. The molecule has 0 unspecified atom stereocenters. The van der Waals surface area contributed by atoms with E-state index in [-0.39, 0.29) is 29.5 Å². The number of hydrogen-bond acceptors (Lipinski definition) is 8. The second-order valence-corrected chi connectivity index (χ2v) is 7.45. The standard InChI is InChI=1S/C18H23N7O2S/c1-4-14(26)21-12-6-5-7-25(11(12)3)13-9-20-16(17(19)27)18(22-13)23-15-8-10(2)24-28-15/h4,8-9,11-12H,1,5-7H2,2-3H3,(H2,19,27)(H,21,26)(H,22,23)/t11-,12-/m1/s1. The van der Waals surface area contributed by atoms with Crippen LogP contribution in [0.1, 0.15) is 35.9 Å². The van der Waals surface area contributed by atoms with Crippen molar-refractivity contribution >= 4 is 40.0 Å². The highest BCUT2D eigenvalue weighted by atomic mass is 32.1. The van der Waals surface area contributed by atoms with Gasteiger partial charge in [-0.05, 0) is 50.4 Å². The van der Waals surface area contributed by atoms with Crippen LogP contribution in [0.4, 0.5) is 16.6 Å². The van der Waals surface area contributed by atoms with Crippen LogP contribution in [0.25, 0.3) is 0 Å². The van der Waals surface area contributed by atoms with Gasteiger partial charge in [0.2, 0.25) is 5.91 Å². The van der Waals surface area contributed by atoms with E-state index in [1.807, 2.05) is 19.9 Å². The van der Waals surface area contributed by atoms with Crippen LogP contribution >= 0.6 is 11.5 Å². The van der Waals surface area contributed by atoms with E-state index < -0.39 is 5.91 Å². The molecule has 2 aromatic rings. The molecule has 1 saturated heterocycles. The van der Waals surface area contributed by atoms with Gasteiger partial charge in [-0.2, -0.15) is 4.37 Å². The topological polar surface area (TPSA) is 126 Å². The summed E-state index contributed by atoms with van der Waals surface area (Å²) in [6.07, 6.45) is 4.57. The van der Waals surface area contributed by atoms with Gasteiger partial charge in [-0.3, -0.25) is 9.59 Å². The number of amides is 2. The van der Waals surface area contributed by atoms with E-state index in [9.17, 15) is 9.59 Å². The Hall–Kier alpha value is -3.01. The van der Waals surface area contributed by atoms with Crippen molar-refractivity contribution in [3.63, 3.8) is 0 Å². The number of aryl methyl sites for hydroxylation is 1. The van der Waals surface area contributed by atoms with Crippen molar-refractivity contribution in [2.24, 2.45) is 5.73 Å². The summed E-state index contributed by atoms with van der Waals surface area (Å²) < 4.78 is 4.21. The van der Waals surface area contributed by atoms with Gasteiger partial charge in [-0.25, -0.2) is 9.97 Å². The molecule has 2 atom stereocenters. The van der Waals surface area contributed by atoms with E-state index in [2.05, 4.69) is 36.5 Å². The molecule has 2 aromatic heterocycles. The molecule has 0 saturated carbocycles. The first-order valence-electron chi connectivity index (χ1n) is 8.95. The highest BCUT2D eigenvalue weighted by molar-refractivity contribution is 7.10. The van der Waals surface area contributed by atoms with E-state index in [0.29, 0.717) is 5.82 Å². The minimum absolute atomic E-state index is 0.00452.